The summed E-state index contributed by atoms with van der Waals surface area (Å²) in [5, 5.41) is 5.90. The van der Waals surface area contributed by atoms with Crippen molar-refractivity contribution >= 4 is 11.3 Å². The summed E-state index contributed by atoms with van der Waals surface area (Å²) >= 11 is 1.87. The molecule has 2 heteroatoms. The maximum atomic E-state index is 3.72. The molecular formula is C13H21NS. The van der Waals surface area contributed by atoms with E-state index in [4.69, 9.17) is 0 Å². The monoisotopic (exact) mass is 223 g/mol. The van der Waals surface area contributed by atoms with E-state index < -0.39 is 0 Å². The SMILES string of the molecule is Cc1ccsc1CNC1CCC(C)C1C. The van der Waals surface area contributed by atoms with Crippen molar-refractivity contribution in [2.24, 2.45) is 11.8 Å². The van der Waals surface area contributed by atoms with E-state index in [9.17, 15) is 0 Å². The van der Waals surface area contributed by atoms with Crippen molar-refractivity contribution < 1.29 is 0 Å². The maximum Gasteiger partial charge on any atom is 0.0305 e. The van der Waals surface area contributed by atoms with Gasteiger partial charge < -0.3 is 5.32 Å². The zero-order valence-corrected chi connectivity index (χ0v) is 10.7. The average molecular weight is 223 g/mol. The van der Waals surface area contributed by atoms with Gasteiger partial charge in [0.25, 0.3) is 0 Å². The molecule has 1 nitrogen and oxygen atoms in total. The van der Waals surface area contributed by atoms with Crippen LogP contribution in [0.1, 0.15) is 37.1 Å². The average Bonchev–Trinajstić information content (AvgIpc) is 2.74. The number of aryl methyl sites for hydroxylation is 1. The van der Waals surface area contributed by atoms with Crippen LogP contribution in [0.25, 0.3) is 0 Å². The first kappa shape index (κ1) is 11.2. The van der Waals surface area contributed by atoms with Crippen molar-refractivity contribution in [3.63, 3.8) is 0 Å². The zero-order chi connectivity index (χ0) is 10.8. The molecule has 1 saturated carbocycles. The Morgan fingerprint density at radius 2 is 2.20 bits per heavy atom. The Kier molecular flexibility index (Phi) is 3.47. The molecule has 0 radical (unpaired) electrons. The molecule has 3 atom stereocenters. The van der Waals surface area contributed by atoms with Crippen LogP contribution in [0.15, 0.2) is 11.4 Å². The fraction of sp³-hybridized carbons (Fsp3) is 0.692. The molecular weight excluding hydrogens is 202 g/mol. The van der Waals surface area contributed by atoms with Crippen LogP contribution >= 0.6 is 11.3 Å². The highest BCUT2D eigenvalue weighted by Gasteiger charge is 2.29. The van der Waals surface area contributed by atoms with Gasteiger partial charge in [-0.2, -0.15) is 0 Å². The molecule has 0 amide bonds. The van der Waals surface area contributed by atoms with Gasteiger partial charge in [-0.25, -0.2) is 0 Å². The first-order chi connectivity index (χ1) is 7.18. The van der Waals surface area contributed by atoms with Crippen molar-refractivity contribution in [1.82, 2.24) is 5.32 Å². The van der Waals surface area contributed by atoms with Gasteiger partial charge >= 0.3 is 0 Å². The number of rotatable bonds is 3. The van der Waals surface area contributed by atoms with Crippen molar-refractivity contribution in [3.05, 3.63) is 21.9 Å². The van der Waals surface area contributed by atoms with Crippen LogP contribution in [0.3, 0.4) is 0 Å². The summed E-state index contributed by atoms with van der Waals surface area (Å²) in [6.07, 6.45) is 2.75. The van der Waals surface area contributed by atoms with Gasteiger partial charge in [0, 0.05) is 17.5 Å². The van der Waals surface area contributed by atoms with Crippen molar-refractivity contribution in [1.29, 1.82) is 0 Å². The molecule has 0 aromatic carbocycles. The Morgan fingerprint density at radius 1 is 1.40 bits per heavy atom. The highest BCUT2D eigenvalue weighted by Crippen LogP contribution is 2.31. The first-order valence-corrected chi connectivity index (χ1v) is 6.83. The summed E-state index contributed by atoms with van der Waals surface area (Å²) in [4.78, 5) is 1.50. The molecule has 0 saturated heterocycles. The van der Waals surface area contributed by atoms with Crippen molar-refractivity contribution in [3.8, 4) is 0 Å². The molecule has 15 heavy (non-hydrogen) atoms. The molecule has 84 valence electrons. The standard InChI is InChI=1S/C13H21NS/c1-9-4-5-12(11(9)3)14-8-13-10(2)6-7-15-13/h6-7,9,11-12,14H,4-5,8H2,1-3H3. The molecule has 1 N–H and O–H groups in total. The number of nitrogens with one attached hydrogen (secondary N) is 1. The lowest BCUT2D eigenvalue weighted by molar-refractivity contribution is 0.370. The summed E-state index contributed by atoms with van der Waals surface area (Å²) < 4.78 is 0. The Balaban J connectivity index is 1.86. The third-order valence-electron chi connectivity index (χ3n) is 3.96. The summed E-state index contributed by atoms with van der Waals surface area (Å²) in [6.45, 7) is 8.03. The molecule has 0 spiro atoms. The van der Waals surface area contributed by atoms with Crippen molar-refractivity contribution in [2.75, 3.05) is 0 Å². The van der Waals surface area contributed by atoms with Gasteiger partial charge in [0.15, 0.2) is 0 Å². The van der Waals surface area contributed by atoms with Crippen LogP contribution < -0.4 is 5.32 Å². The van der Waals surface area contributed by atoms with Gasteiger partial charge in [-0.15, -0.1) is 11.3 Å². The second kappa shape index (κ2) is 4.67. The van der Waals surface area contributed by atoms with Crippen LogP contribution in [0, 0.1) is 18.8 Å². The lowest BCUT2D eigenvalue weighted by Crippen LogP contribution is -2.31. The van der Waals surface area contributed by atoms with E-state index in [2.05, 4.69) is 37.5 Å². The fourth-order valence-corrected chi connectivity index (χ4v) is 3.32. The molecule has 0 bridgehead atoms. The van der Waals surface area contributed by atoms with Gasteiger partial charge in [-0.05, 0) is 48.6 Å². The summed E-state index contributed by atoms with van der Waals surface area (Å²) in [5.41, 5.74) is 1.44. The predicted octanol–water partition coefficient (Wildman–Crippen LogP) is 3.58. The molecule has 2 rings (SSSR count). The third kappa shape index (κ3) is 2.43. The van der Waals surface area contributed by atoms with E-state index in [0.29, 0.717) is 0 Å². The Morgan fingerprint density at radius 3 is 2.73 bits per heavy atom. The maximum absolute atomic E-state index is 3.72. The molecule has 1 fully saturated rings. The Hall–Kier alpha value is -0.340. The minimum absolute atomic E-state index is 0.737. The largest absolute Gasteiger partial charge is 0.309 e. The number of hydrogen-bond acceptors (Lipinski definition) is 2. The summed E-state index contributed by atoms with van der Waals surface area (Å²) in [5.74, 6) is 1.73. The van der Waals surface area contributed by atoms with Crippen LogP contribution in [0.2, 0.25) is 0 Å². The molecule has 1 heterocycles. The Bertz CT molecular complexity index is 318. The van der Waals surface area contributed by atoms with Gasteiger partial charge in [0.2, 0.25) is 0 Å². The Labute approximate surface area is 96.9 Å². The van der Waals surface area contributed by atoms with E-state index >= 15 is 0 Å². The predicted molar refractivity (Wildman–Crippen MR) is 67.2 cm³/mol. The normalized spacial score (nSPS) is 31.0. The second-order valence-electron chi connectivity index (χ2n) is 4.93. The van der Waals surface area contributed by atoms with Gasteiger partial charge in [0.1, 0.15) is 0 Å². The first-order valence-electron chi connectivity index (χ1n) is 5.95. The molecule has 0 aliphatic heterocycles. The highest BCUT2D eigenvalue weighted by atomic mass is 32.1. The highest BCUT2D eigenvalue weighted by molar-refractivity contribution is 7.10. The molecule has 3 unspecified atom stereocenters. The number of thiophene rings is 1. The summed E-state index contributed by atoms with van der Waals surface area (Å²) in [7, 11) is 0. The van der Waals surface area contributed by atoms with Crippen LogP contribution in [-0.4, -0.2) is 6.04 Å². The van der Waals surface area contributed by atoms with E-state index in [0.717, 1.165) is 24.4 Å². The van der Waals surface area contributed by atoms with E-state index in [1.54, 1.807) is 0 Å². The minimum atomic E-state index is 0.737. The van der Waals surface area contributed by atoms with E-state index in [1.807, 2.05) is 11.3 Å². The third-order valence-corrected chi connectivity index (χ3v) is 4.98. The lowest BCUT2D eigenvalue weighted by atomic mass is 9.98. The zero-order valence-electron chi connectivity index (χ0n) is 9.92. The second-order valence-corrected chi connectivity index (χ2v) is 5.93. The molecule has 1 aliphatic rings. The van der Waals surface area contributed by atoms with Crippen molar-refractivity contribution in [2.45, 2.75) is 46.2 Å². The minimum Gasteiger partial charge on any atom is -0.309 e. The number of hydrogen-bond donors (Lipinski definition) is 1. The van der Waals surface area contributed by atoms with Gasteiger partial charge in [0.05, 0.1) is 0 Å². The van der Waals surface area contributed by atoms with Gasteiger partial charge in [-0.1, -0.05) is 13.8 Å². The van der Waals surface area contributed by atoms with Gasteiger partial charge in [-0.3, -0.25) is 0 Å². The molecule has 1 aromatic heterocycles. The molecule has 1 aromatic rings. The summed E-state index contributed by atoms with van der Waals surface area (Å²) in [6, 6.07) is 2.95. The lowest BCUT2D eigenvalue weighted by Gasteiger charge is -2.19. The smallest absolute Gasteiger partial charge is 0.0305 e. The van der Waals surface area contributed by atoms with Crippen LogP contribution in [0.5, 0.6) is 0 Å². The molecule has 1 aliphatic carbocycles. The quantitative estimate of drug-likeness (QED) is 0.826. The van der Waals surface area contributed by atoms with E-state index in [-0.39, 0.29) is 0 Å². The fourth-order valence-electron chi connectivity index (χ4n) is 2.46. The van der Waals surface area contributed by atoms with Crippen LogP contribution in [0.4, 0.5) is 0 Å². The van der Waals surface area contributed by atoms with E-state index in [1.165, 1.54) is 23.3 Å². The van der Waals surface area contributed by atoms with Crippen LogP contribution in [-0.2, 0) is 6.54 Å². The topological polar surface area (TPSA) is 12.0 Å².